The fourth-order valence-electron chi connectivity index (χ4n) is 2.51. The zero-order valence-corrected chi connectivity index (χ0v) is 12.8. The van der Waals surface area contributed by atoms with E-state index in [0.29, 0.717) is 12.2 Å². The number of rotatable bonds is 5. The van der Waals surface area contributed by atoms with Crippen molar-refractivity contribution in [3.05, 3.63) is 53.8 Å². The fourth-order valence-corrected chi connectivity index (χ4v) is 2.51. The number of halogens is 1. The van der Waals surface area contributed by atoms with Gasteiger partial charge in [0.15, 0.2) is 18.0 Å². The number of hydrogen-bond acceptors (Lipinski definition) is 3. The van der Waals surface area contributed by atoms with Crippen molar-refractivity contribution in [1.29, 1.82) is 0 Å². The van der Waals surface area contributed by atoms with Crippen molar-refractivity contribution in [1.82, 2.24) is 0 Å². The summed E-state index contributed by atoms with van der Waals surface area (Å²) < 4.78 is 23.7. The van der Waals surface area contributed by atoms with Crippen molar-refractivity contribution >= 4 is 11.6 Å². The molecule has 0 aliphatic carbocycles. The summed E-state index contributed by atoms with van der Waals surface area (Å²) in [4.78, 5) is 13.0. The van der Waals surface area contributed by atoms with Gasteiger partial charge in [-0.2, -0.15) is 0 Å². The smallest absolute Gasteiger partial charge is 0.279 e. The van der Waals surface area contributed by atoms with Gasteiger partial charge in [0.25, 0.3) is 5.91 Å². The molecule has 2 N–H and O–H groups in total. The predicted molar refractivity (Wildman–Crippen MR) is 83.1 cm³/mol. The number of carbonyl (C=O) groups excluding carboxylic acids is 1. The Kier molecular flexibility index (Phi) is 4.43. The molecule has 1 aliphatic rings. The number of ether oxygens (including phenoxy) is 2. The van der Waals surface area contributed by atoms with E-state index in [4.69, 9.17) is 9.47 Å². The molecule has 0 saturated carbocycles. The van der Waals surface area contributed by atoms with Gasteiger partial charge in [0, 0.05) is 11.3 Å². The maximum Gasteiger partial charge on any atom is 0.279 e. The number of quaternary nitrogens is 1. The third-order valence-electron chi connectivity index (χ3n) is 3.51. The molecular formula is C17H18FN2O3+. The molecule has 1 aliphatic heterocycles. The summed E-state index contributed by atoms with van der Waals surface area (Å²) in [6.07, 6.45) is 0. The normalized spacial score (nSPS) is 13.7. The zero-order valence-electron chi connectivity index (χ0n) is 12.8. The highest BCUT2D eigenvalue weighted by molar-refractivity contribution is 5.91. The summed E-state index contributed by atoms with van der Waals surface area (Å²) in [7, 11) is 1.93. The summed E-state index contributed by atoms with van der Waals surface area (Å²) in [6.45, 7) is 1.20. The summed E-state index contributed by atoms with van der Waals surface area (Å²) in [5.74, 6) is 0.951. The van der Waals surface area contributed by atoms with Crippen LogP contribution in [0.2, 0.25) is 0 Å². The van der Waals surface area contributed by atoms with E-state index in [1.165, 1.54) is 12.1 Å². The quantitative estimate of drug-likeness (QED) is 0.871. The van der Waals surface area contributed by atoms with E-state index in [1.807, 2.05) is 25.2 Å². The minimum atomic E-state index is -0.371. The second-order valence-corrected chi connectivity index (χ2v) is 5.56. The molecule has 1 amide bonds. The molecule has 0 radical (unpaired) electrons. The van der Waals surface area contributed by atoms with Gasteiger partial charge in [-0.1, -0.05) is 6.07 Å². The van der Waals surface area contributed by atoms with Gasteiger partial charge in [-0.3, -0.25) is 4.79 Å². The number of hydrogen-bond donors (Lipinski definition) is 2. The van der Waals surface area contributed by atoms with E-state index in [-0.39, 0.29) is 25.1 Å². The lowest BCUT2D eigenvalue weighted by atomic mass is 10.2. The Balaban J connectivity index is 1.54. The first kappa shape index (κ1) is 15.3. The van der Waals surface area contributed by atoms with Crippen LogP contribution in [-0.2, 0) is 11.3 Å². The van der Waals surface area contributed by atoms with Crippen molar-refractivity contribution < 1.29 is 23.6 Å². The molecule has 0 aromatic heterocycles. The van der Waals surface area contributed by atoms with E-state index in [1.54, 1.807) is 12.1 Å². The average Bonchev–Trinajstić information content (AvgIpc) is 2.94. The van der Waals surface area contributed by atoms with Crippen LogP contribution in [0.25, 0.3) is 0 Å². The largest absolute Gasteiger partial charge is 0.454 e. The van der Waals surface area contributed by atoms with Crippen LogP contribution in [0, 0.1) is 5.82 Å². The summed E-state index contributed by atoms with van der Waals surface area (Å²) in [6, 6.07) is 11.6. The average molecular weight is 317 g/mol. The molecule has 3 rings (SSSR count). The highest BCUT2D eigenvalue weighted by Crippen LogP contribution is 2.32. The number of fused-ring (bicyclic) bond motifs is 1. The van der Waals surface area contributed by atoms with E-state index in [0.717, 1.165) is 22.0 Å². The monoisotopic (exact) mass is 317 g/mol. The zero-order chi connectivity index (χ0) is 16.2. The summed E-state index contributed by atoms with van der Waals surface area (Å²) in [5, 5.41) is 2.70. The molecule has 6 heteroatoms. The maximum absolute atomic E-state index is 13.1. The lowest BCUT2D eigenvalue weighted by Crippen LogP contribution is -3.08. The van der Waals surface area contributed by atoms with Crippen molar-refractivity contribution in [2.75, 3.05) is 25.7 Å². The predicted octanol–water partition coefficient (Wildman–Crippen LogP) is 1.21. The fraction of sp³-hybridized carbons (Fsp3) is 0.235. The van der Waals surface area contributed by atoms with Gasteiger partial charge in [0.05, 0.1) is 7.05 Å². The molecule has 120 valence electrons. The number of nitrogens with one attached hydrogen (secondary N) is 2. The third kappa shape index (κ3) is 3.98. The van der Waals surface area contributed by atoms with Crippen molar-refractivity contribution in [2.24, 2.45) is 0 Å². The van der Waals surface area contributed by atoms with Gasteiger partial charge in [-0.25, -0.2) is 4.39 Å². The molecule has 0 saturated heterocycles. The molecule has 5 nitrogen and oxygen atoms in total. The Morgan fingerprint density at radius 2 is 2.04 bits per heavy atom. The maximum atomic E-state index is 13.1. The van der Waals surface area contributed by atoms with Gasteiger partial charge < -0.3 is 19.7 Å². The first-order valence-corrected chi connectivity index (χ1v) is 7.35. The molecule has 2 aromatic carbocycles. The van der Waals surface area contributed by atoms with Gasteiger partial charge in [-0.05, 0) is 36.4 Å². The Hall–Kier alpha value is -2.60. The summed E-state index contributed by atoms with van der Waals surface area (Å²) in [5.41, 5.74) is 1.52. The molecule has 23 heavy (non-hydrogen) atoms. The topological polar surface area (TPSA) is 52.0 Å². The number of likely N-dealkylation sites (N-methyl/N-ethyl adjacent to an activating group) is 1. The van der Waals surface area contributed by atoms with Crippen LogP contribution in [0.1, 0.15) is 5.56 Å². The number of carbonyl (C=O) groups is 1. The van der Waals surface area contributed by atoms with Crippen LogP contribution >= 0.6 is 0 Å². The molecule has 2 aromatic rings. The second kappa shape index (κ2) is 6.66. The van der Waals surface area contributed by atoms with Gasteiger partial charge in [0.2, 0.25) is 6.79 Å². The van der Waals surface area contributed by atoms with Gasteiger partial charge in [-0.15, -0.1) is 0 Å². The number of amides is 1. The van der Waals surface area contributed by atoms with Crippen molar-refractivity contribution in [3.63, 3.8) is 0 Å². The number of anilines is 1. The highest BCUT2D eigenvalue weighted by atomic mass is 19.1. The van der Waals surface area contributed by atoms with Crippen molar-refractivity contribution in [2.45, 2.75) is 6.54 Å². The van der Waals surface area contributed by atoms with Gasteiger partial charge in [0.1, 0.15) is 12.4 Å². The minimum absolute atomic E-state index is 0.158. The first-order chi connectivity index (χ1) is 11.1. The van der Waals surface area contributed by atoms with E-state index < -0.39 is 0 Å². The van der Waals surface area contributed by atoms with Crippen LogP contribution in [0.15, 0.2) is 42.5 Å². The minimum Gasteiger partial charge on any atom is -0.454 e. The Morgan fingerprint density at radius 1 is 1.22 bits per heavy atom. The van der Waals surface area contributed by atoms with Crippen LogP contribution in [0.4, 0.5) is 10.1 Å². The van der Waals surface area contributed by atoms with Crippen LogP contribution in [-0.4, -0.2) is 26.3 Å². The molecule has 0 bridgehead atoms. The standard InChI is InChI=1S/C17H17FN2O3/c1-20(9-12-5-6-15-16(7-12)23-11-22-15)10-17(21)19-14-4-2-3-13(18)8-14/h2-8H,9-11H2,1H3,(H,19,21)/p+1. The van der Waals surface area contributed by atoms with E-state index >= 15 is 0 Å². The second-order valence-electron chi connectivity index (χ2n) is 5.56. The van der Waals surface area contributed by atoms with Crippen LogP contribution in [0.5, 0.6) is 11.5 Å². The lowest BCUT2D eigenvalue weighted by Gasteiger charge is -2.14. The molecule has 1 atom stereocenters. The highest BCUT2D eigenvalue weighted by Gasteiger charge is 2.16. The Labute approximate surface area is 133 Å². The molecule has 1 unspecified atom stereocenters. The van der Waals surface area contributed by atoms with Gasteiger partial charge >= 0.3 is 0 Å². The summed E-state index contributed by atoms with van der Waals surface area (Å²) >= 11 is 0. The molecule has 0 fully saturated rings. The first-order valence-electron chi connectivity index (χ1n) is 7.35. The Morgan fingerprint density at radius 3 is 2.87 bits per heavy atom. The lowest BCUT2D eigenvalue weighted by molar-refractivity contribution is -0.885. The van der Waals surface area contributed by atoms with E-state index in [9.17, 15) is 9.18 Å². The third-order valence-corrected chi connectivity index (χ3v) is 3.51. The number of benzene rings is 2. The molecule has 1 heterocycles. The van der Waals surface area contributed by atoms with Crippen molar-refractivity contribution in [3.8, 4) is 11.5 Å². The van der Waals surface area contributed by atoms with E-state index in [2.05, 4.69) is 5.32 Å². The van der Waals surface area contributed by atoms with Crippen LogP contribution < -0.4 is 19.7 Å². The Bertz CT molecular complexity index is 721. The van der Waals surface area contributed by atoms with Crippen LogP contribution in [0.3, 0.4) is 0 Å². The molecular weight excluding hydrogens is 299 g/mol. The molecule has 0 spiro atoms. The SMILES string of the molecule is C[NH+](CC(=O)Nc1cccc(F)c1)Cc1ccc2c(c1)OCO2.